The maximum Gasteiger partial charge on any atom is 0.328 e. The summed E-state index contributed by atoms with van der Waals surface area (Å²) in [6.45, 7) is 5.80. The van der Waals surface area contributed by atoms with Crippen LogP contribution in [-0.2, 0) is 28.9 Å². The lowest BCUT2D eigenvalue weighted by Crippen LogP contribution is -2.30. The Morgan fingerprint density at radius 1 is 1.52 bits per heavy atom. The second-order valence-electron chi connectivity index (χ2n) is 6.29. The molecule has 23 heavy (non-hydrogen) atoms. The van der Waals surface area contributed by atoms with Crippen molar-refractivity contribution >= 4 is 27.5 Å². The van der Waals surface area contributed by atoms with Gasteiger partial charge in [-0.25, -0.2) is 0 Å². The normalized spacial score (nSPS) is 18.7. The van der Waals surface area contributed by atoms with Crippen LogP contribution in [0.5, 0.6) is 0 Å². The molecule has 1 aliphatic carbocycles. The molecule has 0 spiro atoms. The van der Waals surface area contributed by atoms with Crippen LogP contribution in [0.3, 0.4) is 0 Å². The van der Waals surface area contributed by atoms with Crippen molar-refractivity contribution < 1.29 is 9.53 Å². The van der Waals surface area contributed by atoms with Crippen molar-refractivity contribution in [1.29, 1.82) is 0 Å². The molecule has 2 aromatic rings. The van der Waals surface area contributed by atoms with Crippen LogP contribution in [0.4, 0.5) is 0 Å². The second kappa shape index (κ2) is 6.39. The third kappa shape index (κ3) is 3.15. The summed E-state index contributed by atoms with van der Waals surface area (Å²) in [6, 6.07) is 0. The van der Waals surface area contributed by atoms with E-state index in [1.165, 1.54) is 4.88 Å². The molecule has 2 atom stereocenters. The minimum Gasteiger partial charge on any atom is -0.461 e. The van der Waals surface area contributed by atoms with Crippen molar-refractivity contribution in [2.75, 3.05) is 0 Å². The van der Waals surface area contributed by atoms with Gasteiger partial charge in [-0.3, -0.25) is 9.59 Å². The summed E-state index contributed by atoms with van der Waals surface area (Å²) in [5, 5.41) is 8.70. The largest absolute Gasteiger partial charge is 0.461 e. The zero-order chi connectivity index (χ0) is 16.6. The first kappa shape index (κ1) is 16.1. The number of esters is 1. The van der Waals surface area contributed by atoms with Crippen molar-refractivity contribution in [3.8, 4) is 0 Å². The number of hydrogen-bond acceptors (Lipinski definition) is 6. The third-order valence-corrected chi connectivity index (χ3v) is 5.51. The van der Waals surface area contributed by atoms with Crippen molar-refractivity contribution in [3.63, 3.8) is 0 Å². The molecule has 1 aliphatic rings. The molecule has 6 nitrogen and oxygen atoms in total. The SMILES string of the molecule is CC[C@H](C)OC(=O)Cn1nnc2sc3c(c2c1=O)CC[C@@H](C)C3. The molecule has 0 aromatic carbocycles. The van der Waals surface area contributed by atoms with E-state index in [4.69, 9.17) is 4.74 Å². The second-order valence-corrected chi connectivity index (χ2v) is 7.38. The fourth-order valence-corrected chi connectivity index (χ4v) is 4.18. The quantitative estimate of drug-likeness (QED) is 0.802. The molecule has 2 heterocycles. The molecule has 0 amide bonds. The Morgan fingerprint density at radius 3 is 3.04 bits per heavy atom. The molecule has 0 radical (unpaired) electrons. The summed E-state index contributed by atoms with van der Waals surface area (Å²) >= 11 is 1.56. The van der Waals surface area contributed by atoms with Crippen molar-refractivity contribution in [2.24, 2.45) is 5.92 Å². The van der Waals surface area contributed by atoms with Gasteiger partial charge in [0.1, 0.15) is 6.54 Å². The van der Waals surface area contributed by atoms with Gasteiger partial charge < -0.3 is 4.74 Å². The van der Waals surface area contributed by atoms with Crippen LogP contribution in [-0.4, -0.2) is 27.1 Å². The third-order valence-electron chi connectivity index (χ3n) is 4.37. The number of thiophene rings is 1. The number of hydrogen-bond donors (Lipinski definition) is 0. The first-order valence-electron chi connectivity index (χ1n) is 8.07. The Kier molecular flexibility index (Phi) is 4.48. The van der Waals surface area contributed by atoms with Gasteiger partial charge in [-0.1, -0.05) is 19.1 Å². The number of carbonyl (C=O) groups is 1. The highest BCUT2D eigenvalue weighted by atomic mass is 32.1. The summed E-state index contributed by atoms with van der Waals surface area (Å²) in [5.74, 6) is 0.184. The van der Waals surface area contributed by atoms with Gasteiger partial charge in [-0.2, -0.15) is 4.68 Å². The number of rotatable bonds is 4. The molecule has 0 aliphatic heterocycles. The van der Waals surface area contributed by atoms with Gasteiger partial charge >= 0.3 is 5.97 Å². The molecule has 2 aromatic heterocycles. The summed E-state index contributed by atoms with van der Waals surface area (Å²) in [7, 11) is 0. The minimum absolute atomic E-state index is 0.162. The van der Waals surface area contributed by atoms with Gasteiger partial charge in [0.05, 0.1) is 11.5 Å². The maximum atomic E-state index is 12.7. The van der Waals surface area contributed by atoms with Crippen LogP contribution in [0.2, 0.25) is 0 Å². The summed E-state index contributed by atoms with van der Waals surface area (Å²) < 4.78 is 6.34. The van der Waals surface area contributed by atoms with E-state index in [-0.39, 0.29) is 18.2 Å². The van der Waals surface area contributed by atoms with Gasteiger partial charge in [0, 0.05) is 4.88 Å². The van der Waals surface area contributed by atoms with E-state index in [2.05, 4.69) is 17.2 Å². The Hall–Kier alpha value is -1.76. The average Bonchev–Trinajstić information content (AvgIpc) is 2.88. The summed E-state index contributed by atoms with van der Waals surface area (Å²) in [5.41, 5.74) is 0.871. The van der Waals surface area contributed by atoms with Gasteiger partial charge in [-0.15, -0.1) is 16.4 Å². The first-order valence-corrected chi connectivity index (χ1v) is 8.88. The smallest absolute Gasteiger partial charge is 0.328 e. The Balaban J connectivity index is 1.93. The first-order chi connectivity index (χ1) is 11.0. The van der Waals surface area contributed by atoms with Crippen molar-refractivity contribution in [3.05, 3.63) is 20.8 Å². The molecule has 0 unspecified atom stereocenters. The molecule has 0 fully saturated rings. The lowest BCUT2D eigenvalue weighted by molar-refractivity contribution is -0.149. The molecule has 7 heteroatoms. The minimum atomic E-state index is -0.451. The van der Waals surface area contributed by atoms with Crippen LogP contribution in [0, 0.1) is 5.92 Å². The van der Waals surface area contributed by atoms with E-state index < -0.39 is 5.97 Å². The average molecular weight is 335 g/mol. The van der Waals surface area contributed by atoms with Crippen molar-refractivity contribution in [2.45, 2.75) is 59.1 Å². The number of ether oxygens (including phenoxy) is 1. The van der Waals surface area contributed by atoms with E-state index in [1.54, 1.807) is 11.3 Å². The number of aromatic nitrogens is 3. The number of carbonyl (C=O) groups excluding carboxylic acids is 1. The van der Waals surface area contributed by atoms with Gasteiger partial charge in [-0.05, 0) is 44.1 Å². The van der Waals surface area contributed by atoms with Crippen molar-refractivity contribution in [1.82, 2.24) is 15.0 Å². The van der Waals surface area contributed by atoms with Gasteiger partial charge in [0.15, 0.2) is 4.83 Å². The molecule has 3 rings (SSSR count). The number of fused-ring (bicyclic) bond motifs is 3. The molecule has 0 N–H and O–H groups in total. The monoisotopic (exact) mass is 335 g/mol. The van der Waals surface area contributed by atoms with E-state index in [1.807, 2.05) is 13.8 Å². The van der Waals surface area contributed by atoms with Crippen LogP contribution in [0.1, 0.15) is 44.1 Å². The molecular weight excluding hydrogens is 314 g/mol. The van der Waals surface area contributed by atoms with Crippen LogP contribution in [0.15, 0.2) is 4.79 Å². The molecule has 0 saturated heterocycles. The highest BCUT2D eigenvalue weighted by Crippen LogP contribution is 2.35. The summed E-state index contributed by atoms with van der Waals surface area (Å²) in [4.78, 5) is 26.5. The van der Waals surface area contributed by atoms with Crippen LogP contribution >= 0.6 is 11.3 Å². The van der Waals surface area contributed by atoms with E-state index in [0.717, 1.165) is 35.9 Å². The topological polar surface area (TPSA) is 74.1 Å². The van der Waals surface area contributed by atoms with E-state index >= 15 is 0 Å². The van der Waals surface area contributed by atoms with Gasteiger partial charge in [0.2, 0.25) is 0 Å². The highest BCUT2D eigenvalue weighted by Gasteiger charge is 2.24. The fourth-order valence-electron chi connectivity index (χ4n) is 2.86. The Labute approximate surface area is 138 Å². The molecule has 0 saturated carbocycles. The van der Waals surface area contributed by atoms with E-state index in [9.17, 15) is 9.59 Å². The Morgan fingerprint density at radius 2 is 2.30 bits per heavy atom. The summed E-state index contributed by atoms with van der Waals surface area (Å²) in [6.07, 6.45) is 3.55. The fraction of sp³-hybridized carbons (Fsp3) is 0.625. The van der Waals surface area contributed by atoms with Crippen LogP contribution < -0.4 is 5.56 Å². The van der Waals surface area contributed by atoms with Crippen LogP contribution in [0.25, 0.3) is 10.2 Å². The zero-order valence-electron chi connectivity index (χ0n) is 13.7. The molecule has 124 valence electrons. The maximum absolute atomic E-state index is 12.7. The standard InChI is InChI=1S/C16H21N3O3S/c1-4-10(3)22-13(20)8-19-16(21)14-11-6-5-9(2)7-12(11)23-15(14)17-18-19/h9-10H,4-8H2,1-3H3/t9-,10+/m1/s1. The molecular formula is C16H21N3O3S. The predicted molar refractivity (Wildman–Crippen MR) is 88.7 cm³/mol. The number of nitrogens with zero attached hydrogens (tertiary/aromatic N) is 3. The lowest BCUT2D eigenvalue weighted by atomic mass is 9.89. The van der Waals surface area contributed by atoms with E-state index in [0.29, 0.717) is 16.1 Å². The predicted octanol–water partition coefficient (Wildman–Crippen LogP) is 2.32. The van der Waals surface area contributed by atoms with Gasteiger partial charge in [0.25, 0.3) is 5.56 Å². The number of aryl methyl sites for hydroxylation is 1. The Bertz CT molecular complexity index is 796. The zero-order valence-corrected chi connectivity index (χ0v) is 14.5. The highest BCUT2D eigenvalue weighted by molar-refractivity contribution is 7.18. The lowest BCUT2D eigenvalue weighted by Gasteiger charge is -2.17. The molecule has 0 bridgehead atoms.